The molecule has 0 amide bonds. The van der Waals surface area contributed by atoms with Crippen LogP contribution in [-0.2, 0) is 9.59 Å². The number of hydrogen-bond acceptors (Lipinski definition) is 5. The van der Waals surface area contributed by atoms with Crippen LogP contribution in [0.5, 0.6) is 5.75 Å². The summed E-state index contributed by atoms with van der Waals surface area (Å²) in [4.78, 5) is 50.3. The maximum atomic E-state index is 12.9. The molecule has 1 unspecified atom stereocenters. The van der Waals surface area contributed by atoms with Gasteiger partial charge >= 0.3 is 0 Å². The van der Waals surface area contributed by atoms with Crippen LogP contribution in [0.1, 0.15) is 27.1 Å². The molecule has 0 fully saturated rings. The number of rotatable bonds is 2. The second kappa shape index (κ2) is 5.63. The van der Waals surface area contributed by atoms with Crippen molar-refractivity contribution >= 4 is 23.1 Å². The molecule has 5 heteroatoms. The highest BCUT2D eigenvalue weighted by molar-refractivity contribution is 6.34. The maximum absolute atomic E-state index is 12.9. The van der Waals surface area contributed by atoms with Gasteiger partial charge in [-0.15, -0.1) is 0 Å². The third-order valence-electron chi connectivity index (χ3n) is 4.35. The summed E-state index contributed by atoms with van der Waals surface area (Å²) in [6.45, 7) is 0. The molecule has 2 aliphatic carbocycles. The standard InChI is InChI=1S/C20H12O5/c21-14-10-15(22)20(25-11-6-2-1-3-7-11)17-16(14)18(23)12-8-4-5-9-13(12)19(17)24/h1-9,16H,10H2. The molecule has 25 heavy (non-hydrogen) atoms. The van der Waals surface area contributed by atoms with E-state index in [0.29, 0.717) is 5.75 Å². The first-order valence-electron chi connectivity index (χ1n) is 7.79. The van der Waals surface area contributed by atoms with E-state index in [-0.39, 0.29) is 22.5 Å². The second-order valence-corrected chi connectivity index (χ2v) is 5.90. The van der Waals surface area contributed by atoms with Crippen LogP contribution in [0.3, 0.4) is 0 Å². The van der Waals surface area contributed by atoms with Crippen LogP contribution in [-0.4, -0.2) is 23.1 Å². The largest absolute Gasteiger partial charge is 0.453 e. The summed E-state index contributed by atoms with van der Waals surface area (Å²) >= 11 is 0. The third-order valence-corrected chi connectivity index (χ3v) is 4.35. The summed E-state index contributed by atoms with van der Waals surface area (Å²) in [6.07, 6.45) is -0.447. The van der Waals surface area contributed by atoms with Crippen molar-refractivity contribution in [3.8, 4) is 5.75 Å². The van der Waals surface area contributed by atoms with Gasteiger partial charge in [-0.2, -0.15) is 0 Å². The normalized spacial score (nSPS) is 19.6. The van der Waals surface area contributed by atoms with E-state index in [2.05, 4.69) is 0 Å². The van der Waals surface area contributed by atoms with Gasteiger partial charge in [0.05, 0.1) is 12.0 Å². The molecule has 0 N–H and O–H groups in total. The predicted octanol–water partition coefficient (Wildman–Crippen LogP) is 2.56. The highest BCUT2D eigenvalue weighted by Crippen LogP contribution is 2.37. The van der Waals surface area contributed by atoms with Gasteiger partial charge in [-0.3, -0.25) is 19.2 Å². The first-order valence-corrected chi connectivity index (χ1v) is 7.79. The quantitative estimate of drug-likeness (QED) is 0.790. The summed E-state index contributed by atoms with van der Waals surface area (Å²) in [5.74, 6) is -3.22. The molecule has 122 valence electrons. The molecule has 0 bridgehead atoms. The number of carbonyl (C=O) groups excluding carboxylic acids is 4. The van der Waals surface area contributed by atoms with Crippen molar-refractivity contribution in [2.24, 2.45) is 5.92 Å². The summed E-state index contributed by atoms with van der Waals surface area (Å²) in [6, 6.07) is 14.8. The van der Waals surface area contributed by atoms with Crippen LogP contribution < -0.4 is 4.74 Å². The SMILES string of the molecule is O=C1CC(=O)C2C(=O)c3ccccc3C(=O)C2=C1Oc1ccccc1. The summed E-state index contributed by atoms with van der Waals surface area (Å²) in [5, 5.41) is 0. The van der Waals surface area contributed by atoms with Gasteiger partial charge in [-0.25, -0.2) is 0 Å². The zero-order chi connectivity index (χ0) is 17.6. The van der Waals surface area contributed by atoms with Crippen molar-refractivity contribution in [3.05, 3.63) is 77.1 Å². The molecule has 0 aliphatic heterocycles. The molecule has 0 radical (unpaired) electrons. The van der Waals surface area contributed by atoms with Crippen LogP contribution in [0.4, 0.5) is 0 Å². The summed E-state index contributed by atoms with van der Waals surface area (Å²) < 4.78 is 5.62. The van der Waals surface area contributed by atoms with E-state index in [0.717, 1.165) is 0 Å². The van der Waals surface area contributed by atoms with E-state index in [4.69, 9.17) is 4.74 Å². The fourth-order valence-electron chi connectivity index (χ4n) is 3.21. The van der Waals surface area contributed by atoms with Crippen LogP contribution >= 0.6 is 0 Å². The van der Waals surface area contributed by atoms with E-state index in [1.165, 1.54) is 12.1 Å². The first-order chi connectivity index (χ1) is 12.1. The number of allylic oxidation sites excluding steroid dienone is 2. The maximum Gasteiger partial charge on any atom is 0.205 e. The Balaban J connectivity index is 1.92. The topological polar surface area (TPSA) is 77.5 Å². The minimum Gasteiger partial charge on any atom is -0.453 e. The minimum absolute atomic E-state index is 0.145. The molecule has 5 nitrogen and oxygen atoms in total. The Labute approximate surface area is 142 Å². The lowest BCUT2D eigenvalue weighted by Crippen LogP contribution is -2.42. The van der Waals surface area contributed by atoms with E-state index >= 15 is 0 Å². The molecule has 2 aliphatic rings. The fraction of sp³-hybridized carbons (Fsp3) is 0.100. The number of benzene rings is 2. The zero-order valence-electron chi connectivity index (χ0n) is 13.0. The molecule has 2 aromatic carbocycles. The highest BCUT2D eigenvalue weighted by atomic mass is 16.5. The van der Waals surface area contributed by atoms with Crippen molar-refractivity contribution in [3.63, 3.8) is 0 Å². The highest BCUT2D eigenvalue weighted by Gasteiger charge is 2.48. The molecule has 0 saturated heterocycles. The molecule has 0 saturated carbocycles. The lowest BCUT2D eigenvalue weighted by molar-refractivity contribution is -0.128. The van der Waals surface area contributed by atoms with E-state index < -0.39 is 35.5 Å². The molecule has 0 heterocycles. The monoisotopic (exact) mass is 332 g/mol. The van der Waals surface area contributed by atoms with Crippen LogP contribution in [0.15, 0.2) is 65.9 Å². The molecular formula is C20H12O5. The number of ketones is 4. The Hall–Kier alpha value is -3.34. The van der Waals surface area contributed by atoms with Crippen molar-refractivity contribution < 1.29 is 23.9 Å². The fourth-order valence-corrected chi connectivity index (χ4v) is 3.21. The van der Waals surface area contributed by atoms with E-state index in [9.17, 15) is 19.2 Å². The predicted molar refractivity (Wildman–Crippen MR) is 87.3 cm³/mol. The van der Waals surface area contributed by atoms with Crippen molar-refractivity contribution in [2.45, 2.75) is 6.42 Å². The Morgan fingerprint density at radius 3 is 2.16 bits per heavy atom. The van der Waals surface area contributed by atoms with Gasteiger partial charge in [0.25, 0.3) is 0 Å². The van der Waals surface area contributed by atoms with Gasteiger partial charge in [-0.05, 0) is 12.1 Å². The van der Waals surface area contributed by atoms with Gasteiger partial charge in [0.2, 0.25) is 5.78 Å². The average Bonchev–Trinajstić information content (AvgIpc) is 2.62. The number of ether oxygens (including phenoxy) is 1. The molecular weight excluding hydrogens is 320 g/mol. The Kier molecular flexibility index (Phi) is 3.42. The smallest absolute Gasteiger partial charge is 0.205 e. The molecule has 4 rings (SSSR count). The number of hydrogen-bond donors (Lipinski definition) is 0. The second-order valence-electron chi connectivity index (χ2n) is 5.90. The number of carbonyl (C=O) groups is 4. The molecule has 1 atom stereocenters. The Bertz CT molecular complexity index is 969. The van der Waals surface area contributed by atoms with Gasteiger partial charge in [-0.1, -0.05) is 42.5 Å². The van der Waals surface area contributed by atoms with Crippen LogP contribution in [0.25, 0.3) is 0 Å². The van der Waals surface area contributed by atoms with Crippen molar-refractivity contribution in [2.75, 3.05) is 0 Å². The summed E-state index contributed by atoms with van der Waals surface area (Å²) in [7, 11) is 0. The Morgan fingerprint density at radius 2 is 1.44 bits per heavy atom. The van der Waals surface area contributed by atoms with Crippen LogP contribution in [0.2, 0.25) is 0 Å². The average molecular weight is 332 g/mol. The summed E-state index contributed by atoms with van der Waals surface area (Å²) in [5.41, 5.74) is 0.257. The number of para-hydroxylation sites is 1. The van der Waals surface area contributed by atoms with Crippen LogP contribution in [0, 0.1) is 5.92 Å². The first kappa shape index (κ1) is 15.2. The molecule has 0 spiro atoms. The van der Waals surface area contributed by atoms with Gasteiger partial charge in [0.1, 0.15) is 11.7 Å². The van der Waals surface area contributed by atoms with Gasteiger partial charge in [0.15, 0.2) is 23.1 Å². The molecule has 2 aromatic rings. The minimum atomic E-state index is -1.26. The van der Waals surface area contributed by atoms with E-state index in [1.54, 1.807) is 42.5 Å². The van der Waals surface area contributed by atoms with Crippen molar-refractivity contribution in [1.82, 2.24) is 0 Å². The van der Waals surface area contributed by atoms with Gasteiger partial charge in [0, 0.05) is 11.1 Å². The van der Waals surface area contributed by atoms with Crippen molar-refractivity contribution in [1.29, 1.82) is 0 Å². The lowest BCUT2D eigenvalue weighted by atomic mass is 9.71. The van der Waals surface area contributed by atoms with Gasteiger partial charge < -0.3 is 4.74 Å². The third kappa shape index (κ3) is 2.32. The Morgan fingerprint density at radius 1 is 0.800 bits per heavy atom. The zero-order valence-corrected chi connectivity index (χ0v) is 13.0. The molecule has 0 aromatic heterocycles. The number of Topliss-reactive ketones (excluding diaryl/α,β-unsaturated/α-hetero) is 4. The number of fused-ring (bicyclic) bond motifs is 2. The lowest BCUT2D eigenvalue weighted by Gasteiger charge is -2.29. The van der Waals surface area contributed by atoms with E-state index in [1.807, 2.05) is 0 Å².